The molecule has 244 valence electrons. The summed E-state index contributed by atoms with van der Waals surface area (Å²) in [5.74, 6) is 0.279. The minimum Gasteiger partial charge on any atom is -0.310 e. The zero-order valence-electron chi connectivity index (χ0n) is 28.6. The Balaban J connectivity index is 1.02. The third kappa shape index (κ3) is 4.44. The monoisotopic (exact) mass is 662 g/mol. The third-order valence-corrected chi connectivity index (χ3v) is 11.3. The van der Waals surface area contributed by atoms with Gasteiger partial charge in [-0.3, -0.25) is 0 Å². The number of aromatic nitrogens is 2. The molecule has 0 radical (unpaired) electrons. The van der Waals surface area contributed by atoms with Gasteiger partial charge >= 0.3 is 0 Å². The first-order valence-electron chi connectivity index (χ1n) is 18.2. The highest BCUT2D eigenvalue weighted by molar-refractivity contribution is 6.10. The van der Waals surface area contributed by atoms with E-state index < -0.39 is 0 Å². The molecule has 10 aromatic rings. The molecule has 0 bridgehead atoms. The zero-order chi connectivity index (χ0) is 34.2. The lowest BCUT2D eigenvalue weighted by atomic mass is 9.86. The van der Waals surface area contributed by atoms with Crippen LogP contribution in [-0.2, 0) is 6.42 Å². The molecule has 11 rings (SSSR count). The van der Waals surface area contributed by atoms with Crippen LogP contribution in [0.25, 0.3) is 82.8 Å². The Kier molecular flexibility index (Phi) is 6.41. The van der Waals surface area contributed by atoms with Crippen molar-refractivity contribution in [1.82, 2.24) is 9.13 Å². The number of fused-ring (bicyclic) bond motifs is 8. The van der Waals surface area contributed by atoms with Crippen molar-refractivity contribution >= 4 is 60.3 Å². The number of benzene rings is 8. The number of rotatable bonds is 4. The van der Waals surface area contributed by atoms with E-state index in [1.807, 2.05) is 0 Å². The van der Waals surface area contributed by atoms with Gasteiger partial charge in [0, 0.05) is 39.1 Å². The average Bonchev–Trinajstić information content (AvgIpc) is 3.73. The molecule has 1 unspecified atom stereocenters. The summed E-state index contributed by atoms with van der Waals surface area (Å²) < 4.78 is 4.89. The lowest BCUT2D eigenvalue weighted by Crippen LogP contribution is -2.07. The Morgan fingerprint density at radius 1 is 0.423 bits per heavy atom. The fourth-order valence-electron chi connectivity index (χ4n) is 8.82. The van der Waals surface area contributed by atoms with Crippen molar-refractivity contribution in [3.05, 3.63) is 199 Å². The van der Waals surface area contributed by atoms with Crippen molar-refractivity contribution in [2.45, 2.75) is 12.3 Å². The second-order valence-electron chi connectivity index (χ2n) is 14.1. The summed E-state index contributed by atoms with van der Waals surface area (Å²) in [6.07, 6.45) is 5.75. The molecular weight excluding hydrogens is 629 g/mol. The van der Waals surface area contributed by atoms with Gasteiger partial charge in [-0.1, -0.05) is 133 Å². The quantitative estimate of drug-likeness (QED) is 0.177. The lowest BCUT2D eigenvalue weighted by Gasteiger charge is -2.20. The van der Waals surface area contributed by atoms with Crippen molar-refractivity contribution in [3.63, 3.8) is 0 Å². The second kappa shape index (κ2) is 11.4. The highest BCUT2D eigenvalue weighted by atomic mass is 15.0. The van der Waals surface area contributed by atoms with Gasteiger partial charge in [0.1, 0.15) is 0 Å². The van der Waals surface area contributed by atoms with E-state index in [0.29, 0.717) is 0 Å². The predicted molar refractivity (Wildman–Crippen MR) is 220 cm³/mol. The number of para-hydroxylation sites is 2. The predicted octanol–water partition coefficient (Wildman–Crippen LogP) is 13.1. The molecule has 8 aromatic carbocycles. The van der Waals surface area contributed by atoms with E-state index in [2.05, 4.69) is 197 Å². The third-order valence-electron chi connectivity index (χ3n) is 11.3. The molecule has 0 amide bonds. The van der Waals surface area contributed by atoms with Crippen LogP contribution < -0.4 is 0 Å². The van der Waals surface area contributed by atoms with Crippen LogP contribution >= 0.6 is 0 Å². The SMILES string of the molecule is C1=CC(c2ccc3c(c2)c2ccccc2n3-c2ccc3ccccc3c2)Cc2c1n(-c1cccc(-c3cccc4ccccc34)c1)c1ccccc21. The summed E-state index contributed by atoms with van der Waals surface area (Å²) in [6, 6.07) is 64.6. The minimum absolute atomic E-state index is 0.279. The lowest BCUT2D eigenvalue weighted by molar-refractivity contribution is 0.826. The first-order chi connectivity index (χ1) is 25.8. The first-order valence-corrected chi connectivity index (χ1v) is 18.2. The summed E-state index contributed by atoms with van der Waals surface area (Å²) in [6.45, 7) is 0. The van der Waals surface area contributed by atoms with Crippen LogP contribution in [0.1, 0.15) is 22.7 Å². The van der Waals surface area contributed by atoms with Crippen LogP contribution in [0.3, 0.4) is 0 Å². The van der Waals surface area contributed by atoms with Crippen LogP contribution in [0.5, 0.6) is 0 Å². The van der Waals surface area contributed by atoms with Crippen molar-refractivity contribution in [2.75, 3.05) is 0 Å². The van der Waals surface area contributed by atoms with Gasteiger partial charge in [-0.2, -0.15) is 0 Å². The fraction of sp³-hybridized carbons (Fsp3) is 0.0400. The Morgan fingerprint density at radius 3 is 1.98 bits per heavy atom. The van der Waals surface area contributed by atoms with Gasteiger partial charge in [-0.05, 0) is 105 Å². The summed E-state index contributed by atoms with van der Waals surface area (Å²) in [7, 11) is 0. The van der Waals surface area contributed by atoms with Crippen molar-refractivity contribution < 1.29 is 0 Å². The van der Waals surface area contributed by atoms with E-state index in [1.54, 1.807) is 0 Å². The molecule has 1 aliphatic rings. The Hall–Kier alpha value is -6.64. The number of hydrogen-bond acceptors (Lipinski definition) is 0. The molecule has 52 heavy (non-hydrogen) atoms. The van der Waals surface area contributed by atoms with Gasteiger partial charge in [-0.15, -0.1) is 0 Å². The molecule has 0 N–H and O–H groups in total. The van der Waals surface area contributed by atoms with Crippen LogP contribution in [0.15, 0.2) is 182 Å². The molecule has 0 saturated carbocycles. The maximum Gasteiger partial charge on any atom is 0.0541 e. The molecule has 2 heterocycles. The molecule has 0 aliphatic heterocycles. The Bertz CT molecular complexity index is 3060. The molecule has 2 heteroatoms. The average molecular weight is 663 g/mol. The van der Waals surface area contributed by atoms with E-state index in [9.17, 15) is 0 Å². The van der Waals surface area contributed by atoms with Crippen LogP contribution in [-0.4, -0.2) is 9.13 Å². The summed E-state index contributed by atoms with van der Waals surface area (Å²) in [5.41, 5.74) is 12.6. The first kappa shape index (κ1) is 29.1. The molecule has 1 atom stereocenters. The summed E-state index contributed by atoms with van der Waals surface area (Å²) >= 11 is 0. The zero-order valence-corrected chi connectivity index (χ0v) is 28.6. The normalized spacial score (nSPS) is 14.2. The minimum atomic E-state index is 0.279. The van der Waals surface area contributed by atoms with Gasteiger partial charge in [0.2, 0.25) is 0 Å². The molecule has 0 fully saturated rings. The summed E-state index contributed by atoms with van der Waals surface area (Å²) in [5, 5.41) is 8.98. The summed E-state index contributed by atoms with van der Waals surface area (Å²) in [4.78, 5) is 0. The van der Waals surface area contributed by atoms with Crippen molar-refractivity contribution in [3.8, 4) is 22.5 Å². The topological polar surface area (TPSA) is 9.86 Å². The largest absolute Gasteiger partial charge is 0.310 e. The van der Waals surface area contributed by atoms with Gasteiger partial charge < -0.3 is 9.13 Å². The van der Waals surface area contributed by atoms with Crippen LogP contribution in [0.4, 0.5) is 0 Å². The van der Waals surface area contributed by atoms with Gasteiger partial charge in [0.15, 0.2) is 0 Å². The van der Waals surface area contributed by atoms with E-state index in [0.717, 1.165) is 6.42 Å². The molecular formula is C50H34N2. The maximum absolute atomic E-state index is 2.46. The Morgan fingerprint density at radius 2 is 1.10 bits per heavy atom. The van der Waals surface area contributed by atoms with E-state index in [1.165, 1.54) is 93.6 Å². The van der Waals surface area contributed by atoms with Gasteiger partial charge in [-0.25, -0.2) is 0 Å². The van der Waals surface area contributed by atoms with Gasteiger partial charge in [0.05, 0.1) is 16.6 Å². The Labute approximate surface area is 302 Å². The number of nitrogens with zero attached hydrogens (tertiary/aromatic N) is 2. The second-order valence-corrected chi connectivity index (χ2v) is 14.1. The van der Waals surface area contributed by atoms with E-state index in [-0.39, 0.29) is 5.92 Å². The molecule has 2 aromatic heterocycles. The van der Waals surface area contributed by atoms with E-state index >= 15 is 0 Å². The highest BCUT2D eigenvalue weighted by Gasteiger charge is 2.24. The number of hydrogen-bond donors (Lipinski definition) is 0. The van der Waals surface area contributed by atoms with Crippen LogP contribution in [0.2, 0.25) is 0 Å². The highest BCUT2D eigenvalue weighted by Crippen LogP contribution is 2.41. The molecule has 1 aliphatic carbocycles. The fourth-order valence-corrected chi connectivity index (χ4v) is 8.82. The number of allylic oxidation sites excluding steroid dienone is 1. The smallest absolute Gasteiger partial charge is 0.0541 e. The van der Waals surface area contributed by atoms with Gasteiger partial charge in [0.25, 0.3) is 0 Å². The maximum atomic E-state index is 2.46. The van der Waals surface area contributed by atoms with Crippen molar-refractivity contribution in [1.29, 1.82) is 0 Å². The standard InChI is InChI=1S/C50H34N2/c1-2-13-35-29-40(26-23-33(35)11-1)52-48-22-8-6-19-44(48)46-32-37(25-28-50(46)52)36-24-27-49-45(31-36)43-18-5-7-21-47(43)51(49)39-16-9-15-38(30-39)42-20-10-14-34-12-3-4-17-41(34)42/h1-30,32,36H,31H2. The molecule has 0 spiro atoms. The molecule has 0 saturated heterocycles. The van der Waals surface area contributed by atoms with Crippen molar-refractivity contribution in [2.24, 2.45) is 0 Å². The van der Waals surface area contributed by atoms with E-state index in [4.69, 9.17) is 0 Å². The van der Waals surface area contributed by atoms with Crippen LogP contribution in [0, 0.1) is 0 Å². The molecule has 2 nitrogen and oxygen atoms in total.